The Balaban J connectivity index is 2.06. The van der Waals surface area contributed by atoms with Gasteiger partial charge in [0.1, 0.15) is 11.3 Å². The molecule has 0 aromatic carbocycles. The van der Waals surface area contributed by atoms with Gasteiger partial charge in [-0.1, -0.05) is 0 Å². The van der Waals surface area contributed by atoms with Gasteiger partial charge in [0, 0.05) is 10.7 Å². The van der Waals surface area contributed by atoms with E-state index in [1.807, 2.05) is 0 Å². The van der Waals surface area contributed by atoms with E-state index in [0.717, 1.165) is 4.47 Å². The second kappa shape index (κ2) is 4.51. The predicted octanol–water partition coefficient (Wildman–Crippen LogP) is 2.96. The molecule has 0 aliphatic heterocycles. The molecule has 0 bridgehead atoms. The van der Waals surface area contributed by atoms with Gasteiger partial charge in [-0.3, -0.25) is 4.98 Å². The van der Waals surface area contributed by atoms with Crippen molar-refractivity contribution in [3.8, 4) is 11.6 Å². The maximum atomic E-state index is 5.80. The molecule has 3 aromatic heterocycles. The second-order valence-corrected chi connectivity index (χ2v) is 4.59. The third-order valence-corrected chi connectivity index (χ3v) is 2.72. The number of aromatic nitrogens is 5. The van der Waals surface area contributed by atoms with Crippen molar-refractivity contribution in [2.24, 2.45) is 0 Å². The fourth-order valence-corrected chi connectivity index (χ4v) is 1.92. The van der Waals surface area contributed by atoms with Crippen molar-refractivity contribution in [2.75, 3.05) is 0 Å². The maximum absolute atomic E-state index is 5.80. The molecule has 6 nitrogen and oxygen atoms in total. The molecule has 0 unspecified atom stereocenters. The van der Waals surface area contributed by atoms with Gasteiger partial charge in [0.2, 0.25) is 11.2 Å². The molecule has 0 saturated heterocycles. The molecule has 0 fully saturated rings. The third-order valence-electron chi connectivity index (χ3n) is 2.12. The Kier molecular flexibility index (Phi) is 2.85. The minimum absolute atomic E-state index is 0.0764. The first-order valence-electron chi connectivity index (χ1n) is 4.87. The van der Waals surface area contributed by atoms with Gasteiger partial charge in [-0.25, -0.2) is 4.98 Å². The number of rotatable bonds is 2. The predicted molar refractivity (Wildman–Crippen MR) is 68.7 cm³/mol. The topological polar surface area (TPSA) is 76.6 Å². The molecule has 90 valence electrons. The monoisotopic (exact) mass is 325 g/mol. The van der Waals surface area contributed by atoms with Gasteiger partial charge >= 0.3 is 0 Å². The quantitative estimate of drug-likeness (QED) is 0.733. The lowest BCUT2D eigenvalue weighted by Crippen LogP contribution is -1.93. The van der Waals surface area contributed by atoms with Crippen LogP contribution in [0, 0.1) is 0 Å². The highest BCUT2D eigenvalue weighted by Gasteiger charge is 2.11. The first-order chi connectivity index (χ1) is 8.72. The summed E-state index contributed by atoms with van der Waals surface area (Å²) in [5.74, 6) is 0.845. The van der Waals surface area contributed by atoms with Crippen LogP contribution < -0.4 is 4.74 Å². The summed E-state index contributed by atoms with van der Waals surface area (Å²) in [6.45, 7) is 0. The van der Waals surface area contributed by atoms with E-state index >= 15 is 0 Å². The molecule has 18 heavy (non-hydrogen) atoms. The summed E-state index contributed by atoms with van der Waals surface area (Å²) in [6, 6.07) is 1.77. The molecule has 0 saturated carbocycles. The van der Waals surface area contributed by atoms with E-state index in [1.165, 1.54) is 6.33 Å². The van der Waals surface area contributed by atoms with Crippen LogP contribution in [0.5, 0.6) is 11.6 Å². The average Bonchev–Trinajstić information content (AvgIpc) is 2.77. The number of imidazole rings is 1. The minimum atomic E-state index is 0.0764. The standard InChI is InChI=1S/C10H5BrClN5O/c11-5-1-6(3-13-2-5)18-9-7-8(15-4-14-7)16-10(12)17-9/h1-4H,(H,14,15,16,17). The zero-order valence-corrected chi connectivity index (χ0v) is 11.1. The van der Waals surface area contributed by atoms with Gasteiger partial charge in [0.15, 0.2) is 5.65 Å². The Hall–Kier alpha value is -1.73. The first kappa shape index (κ1) is 11.4. The highest BCUT2D eigenvalue weighted by molar-refractivity contribution is 9.10. The van der Waals surface area contributed by atoms with Crippen molar-refractivity contribution >= 4 is 38.7 Å². The van der Waals surface area contributed by atoms with Crippen LogP contribution in [-0.2, 0) is 0 Å². The number of hydrogen-bond donors (Lipinski definition) is 1. The molecule has 0 aliphatic carbocycles. The summed E-state index contributed by atoms with van der Waals surface area (Å²) in [7, 11) is 0. The highest BCUT2D eigenvalue weighted by Crippen LogP contribution is 2.27. The largest absolute Gasteiger partial charge is 0.435 e. The molecule has 3 aromatic rings. The lowest BCUT2D eigenvalue weighted by Gasteiger charge is -2.05. The van der Waals surface area contributed by atoms with Crippen molar-refractivity contribution in [3.63, 3.8) is 0 Å². The highest BCUT2D eigenvalue weighted by atomic mass is 79.9. The molecule has 0 spiro atoms. The number of H-pyrrole nitrogens is 1. The van der Waals surface area contributed by atoms with Gasteiger partial charge in [-0.15, -0.1) is 0 Å². The fraction of sp³-hybridized carbons (Fsp3) is 0. The number of aromatic amines is 1. The van der Waals surface area contributed by atoms with Crippen LogP contribution in [0.1, 0.15) is 0 Å². The van der Waals surface area contributed by atoms with Crippen LogP contribution in [0.3, 0.4) is 0 Å². The lowest BCUT2D eigenvalue weighted by atomic mass is 10.4. The molecule has 3 heterocycles. The van der Waals surface area contributed by atoms with Crippen LogP contribution in [0.15, 0.2) is 29.3 Å². The van der Waals surface area contributed by atoms with E-state index in [4.69, 9.17) is 16.3 Å². The number of nitrogens with one attached hydrogen (secondary N) is 1. The van der Waals surface area contributed by atoms with Gasteiger partial charge < -0.3 is 9.72 Å². The smallest absolute Gasteiger partial charge is 0.250 e. The summed E-state index contributed by atoms with van der Waals surface area (Å²) in [5.41, 5.74) is 1.03. The molecule has 0 amide bonds. The van der Waals surface area contributed by atoms with E-state index in [-0.39, 0.29) is 5.28 Å². The Labute approximate surface area is 115 Å². The number of hydrogen-bond acceptors (Lipinski definition) is 5. The number of ether oxygens (including phenoxy) is 1. The van der Waals surface area contributed by atoms with Crippen molar-refractivity contribution in [2.45, 2.75) is 0 Å². The van der Waals surface area contributed by atoms with Crippen molar-refractivity contribution in [1.29, 1.82) is 0 Å². The van der Waals surface area contributed by atoms with E-state index in [1.54, 1.807) is 18.5 Å². The maximum Gasteiger partial charge on any atom is 0.250 e. The summed E-state index contributed by atoms with van der Waals surface area (Å²) < 4.78 is 6.42. The van der Waals surface area contributed by atoms with Crippen molar-refractivity contribution in [1.82, 2.24) is 24.9 Å². The van der Waals surface area contributed by atoms with E-state index < -0.39 is 0 Å². The van der Waals surface area contributed by atoms with Gasteiger partial charge in [-0.05, 0) is 33.6 Å². The van der Waals surface area contributed by atoms with Gasteiger partial charge in [-0.2, -0.15) is 9.97 Å². The van der Waals surface area contributed by atoms with Crippen LogP contribution in [0.2, 0.25) is 5.28 Å². The molecule has 8 heteroatoms. The molecule has 0 aliphatic rings. The SMILES string of the molecule is Clc1nc(Oc2cncc(Br)c2)c2[nH]cnc2n1. The molecule has 3 rings (SSSR count). The Morgan fingerprint density at radius 3 is 3.00 bits per heavy atom. The second-order valence-electron chi connectivity index (χ2n) is 3.34. The zero-order valence-electron chi connectivity index (χ0n) is 8.76. The summed E-state index contributed by atoms with van der Waals surface area (Å²) in [5, 5.41) is 0.0764. The number of pyridine rings is 1. The third kappa shape index (κ3) is 2.14. The normalized spacial score (nSPS) is 10.8. The number of fused-ring (bicyclic) bond motifs is 1. The van der Waals surface area contributed by atoms with Crippen LogP contribution in [-0.4, -0.2) is 24.9 Å². The summed E-state index contributed by atoms with van der Waals surface area (Å²) >= 11 is 9.11. The van der Waals surface area contributed by atoms with E-state index in [0.29, 0.717) is 22.8 Å². The molecule has 0 radical (unpaired) electrons. The molecule has 0 atom stereocenters. The van der Waals surface area contributed by atoms with Gasteiger partial charge in [0.05, 0.1) is 12.5 Å². The summed E-state index contributed by atoms with van der Waals surface area (Å²) in [4.78, 5) is 18.9. The summed E-state index contributed by atoms with van der Waals surface area (Å²) in [6.07, 6.45) is 4.73. The lowest BCUT2D eigenvalue weighted by molar-refractivity contribution is 0.464. The zero-order chi connectivity index (χ0) is 12.5. The Morgan fingerprint density at radius 1 is 1.28 bits per heavy atom. The molecule has 1 N–H and O–H groups in total. The van der Waals surface area contributed by atoms with E-state index in [2.05, 4.69) is 40.8 Å². The Bertz CT molecular complexity index is 716. The van der Waals surface area contributed by atoms with Crippen molar-refractivity contribution in [3.05, 3.63) is 34.5 Å². The van der Waals surface area contributed by atoms with Crippen LogP contribution in [0.4, 0.5) is 0 Å². The van der Waals surface area contributed by atoms with Crippen molar-refractivity contribution < 1.29 is 4.74 Å². The number of halogens is 2. The van der Waals surface area contributed by atoms with Gasteiger partial charge in [0.25, 0.3) is 0 Å². The minimum Gasteiger partial charge on any atom is -0.435 e. The van der Waals surface area contributed by atoms with Crippen LogP contribution in [0.25, 0.3) is 11.2 Å². The van der Waals surface area contributed by atoms with E-state index in [9.17, 15) is 0 Å². The van der Waals surface area contributed by atoms with Crippen LogP contribution >= 0.6 is 27.5 Å². The molecular formula is C10H5BrClN5O. The Morgan fingerprint density at radius 2 is 2.17 bits per heavy atom. The average molecular weight is 327 g/mol. The number of nitrogens with zero attached hydrogens (tertiary/aromatic N) is 4. The molecular weight excluding hydrogens is 322 g/mol. The first-order valence-corrected chi connectivity index (χ1v) is 6.04. The fourth-order valence-electron chi connectivity index (χ4n) is 1.41.